The van der Waals surface area contributed by atoms with Crippen LogP contribution < -0.4 is 16.1 Å². The second-order valence-corrected chi connectivity index (χ2v) is 17.0. The fourth-order valence-electron chi connectivity index (χ4n) is 5.42. The molecule has 1 aliphatic rings. The molecule has 0 spiro atoms. The largest absolute Gasteiger partial charge is 0.444 e. The Morgan fingerprint density at radius 1 is 0.850 bits per heavy atom. The lowest BCUT2D eigenvalue weighted by molar-refractivity contribution is 0.00768. The van der Waals surface area contributed by atoms with Crippen LogP contribution >= 0.6 is 0 Å². The van der Waals surface area contributed by atoms with Gasteiger partial charge in [0, 0.05) is 25.7 Å². The van der Waals surface area contributed by atoms with Crippen molar-refractivity contribution in [3.63, 3.8) is 0 Å². The molecule has 1 heterocycles. The summed E-state index contributed by atoms with van der Waals surface area (Å²) >= 11 is 0. The Morgan fingerprint density at radius 2 is 1.38 bits per heavy atom. The van der Waals surface area contributed by atoms with Gasteiger partial charge in [0.15, 0.2) is 0 Å². The molecule has 7 nitrogen and oxygen atoms in total. The molecular weight excluding hydrogens is 520 g/mol. The predicted octanol–water partition coefficient (Wildman–Crippen LogP) is 4.57. The van der Waals surface area contributed by atoms with Crippen LogP contribution in [0.25, 0.3) is 0 Å². The number of nitrogens with zero attached hydrogens (tertiary/aromatic N) is 1. The Morgan fingerprint density at radius 3 is 1.90 bits per heavy atom. The van der Waals surface area contributed by atoms with Crippen molar-refractivity contribution in [3.8, 4) is 0 Å². The molecule has 222 valence electrons. The first-order valence-electron chi connectivity index (χ1n) is 14.6. The summed E-state index contributed by atoms with van der Waals surface area (Å²) in [4.78, 5) is 14.2. The van der Waals surface area contributed by atoms with E-state index in [1.54, 1.807) is 4.90 Å². The fraction of sp³-hybridized carbons (Fsp3) is 0.594. The molecule has 8 heteroatoms. The molecule has 40 heavy (non-hydrogen) atoms. The van der Waals surface area contributed by atoms with Gasteiger partial charge in [0.05, 0.1) is 26.4 Å². The molecular formula is C32H50N2O5Si. The molecule has 1 amide bonds. The molecule has 0 aromatic heterocycles. The summed E-state index contributed by atoms with van der Waals surface area (Å²) in [6.45, 7) is 16.4. The standard InChI is InChI=1S/C32H50N2O5Si/c1-31(2,3)39-30(35)34-19-17-29(33)26(25-34)18-20-36-21-22-37-23-24-38-40(32(4,5)6,27-13-9-7-10-14-27)28-15-11-8-12-16-28/h7-16,26,29H,17-25,33H2,1-6H3. The van der Waals surface area contributed by atoms with Crippen LogP contribution in [0.2, 0.25) is 5.04 Å². The van der Waals surface area contributed by atoms with E-state index in [1.165, 1.54) is 10.4 Å². The zero-order valence-corrected chi connectivity index (χ0v) is 26.4. The monoisotopic (exact) mass is 570 g/mol. The molecule has 1 aliphatic heterocycles. The van der Waals surface area contributed by atoms with Crippen LogP contribution in [0.4, 0.5) is 4.79 Å². The number of piperidine rings is 1. The molecule has 0 saturated carbocycles. The molecule has 0 radical (unpaired) electrons. The van der Waals surface area contributed by atoms with Crippen LogP contribution in [0.1, 0.15) is 54.4 Å². The van der Waals surface area contributed by atoms with Gasteiger partial charge < -0.3 is 29.3 Å². The number of hydrogen-bond acceptors (Lipinski definition) is 6. The van der Waals surface area contributed by atoms with E-state index in [1.807, 2.05) is 20.8 Å². The molecule has 0 bridgehead atoms. The predicted molar refractivity (Wildman–Crippen MR) is 164 cm³/mol. The minimum Gasteiger partial charge on any atom is -0.444 e. The summed E-state index contributed by atoms with van der Waals surface area (Å²) in [6.07, 6.45) is 1.31. The molecule has 3 rings (SSSR count). The summed E-state index contributed by atoms with van der Waals surface area (Å²) in [5.74, 6) is 0.196. The topological polar surface area (TPSA) is 83.3 Å². The molecule has 2 aromatic carbocycles. The number of ether oxygens (including phenoxy) is 3. The van der Waals surface area contributed by atoms with Gasteiger partial charge >= 0.3 is 6.09 Å². The van der Waals surface area contributed by atoms with E-state index >= 15 is 0 Å². The Kier molecular flexibility index (Phi) is 11.8. The molecule has 2 N–H and O–H groups in total. The highest BCUT2D eigenvalue weighted by atomic mass is 28.4. The third-order valence-electron chi connectivity index (χ3n) is 7.41. The van der Waals surface area contributed by atoms with E-state index in [0.717, 1.165) is 12.8 Å². The van der Waals surface area contributed by atoms with Crippen LogP contribution in [-0.2, 0) is 18.6 Å². The highest BCUT2D eigenvalue weighted by Gasteiger charge is 2.50. The number of rotatable bonds is 12. The number of amides is 1. The van der Waals surface area contributed by atoms with Crippen molar-refractivity contribution >= 4 is 24.8 Å². The maximum absolute atomic E-state index is 12.5. The third-order valence-corrected chi connectivity index (χ3v) is 12.5. The second kappa shape index (κ2) is 14.6. The Hall–Kier alpha value is -2.23. The maximum Gasteiger partial charge on any atom is 0.410 e. The average molecular weight is 571 g/mol. The summed E-state index contributed by atoms with van der Waals surface area (Å²) < 4.78 is 24.1. The summed E-state index contributed by atoms with van der Waals surface area (Å²) in [5.41, 5.74) is 5.84. The SMILES string of the molecule is CC(C)(C)OC(=O)N1CCC(N)C(CCOCCOCCO[Si](c2ccccc2)(c2ccccc2)C(C)(C)C)C1. The van der Waals surface area contributed by atoms with Crippen LogP contribution in [0.5, 0.6) is 0 Å². The van der Waals surface area contributed by atoms with Crippen molar-refractivity contribution in [2.24, 2.45) is 11.7 Å². The van der Waals surface area contributed by atoms with E-state index in [2.05, 4.69) is 81.4 Å². The summed E-state index contributed by atoms with van der Waals surface area (Å²) in [6, 6.07) is 21.4. The van der Waals surface area contributed by atoms with Crippen LogP contribution in [0, 0.1) is 5.92 Å². The Labute approximate surface area is 242 Å². The summed E-state index contributed by atoms with van der Waals surface area (Å²) in [7, 11) is -2.54. The first-order valence-corrected chi connectivity index (χ1v) is 16.5. The van der Waals surface area contributed by atoms with E-state index in [-0.39, 0.29) is 23.1 Å². The zero-order valence-electron chi connectivity index (χ0n) is 25.4. The lowest BCUT2D eigenvalue weighted by Crippen LogP contribution is -2.66. The van der Waals surface area contributed by atoms with Gasteiger partial charge in [-0.05, 0) is 54.9 Å². The van der Waals surface area contributed by atoms with Crippen molar-refractivity contribution in [2.75, 3.05) is 46.1 Å². The first-order chi connectivity index (χ1) is 18.9. The first kappa shape index (κ1) is 32.3. The van der Waals surface area contributed by atoms with Gasteiger partial charge in [0.1, 0.15) is 5.60 Å². The highest BCUT2D eigenvalue weighted by molar-refractivity contribution is 6.99. The zero-order chi connectivity index (χ0) is 29.2. The average Bonchev–Trinajstić information content (AvgIpc) is 2.90. The van der Waals surface area contributed by atoms with Gasteiger partial charge in [-0.2, -0.15) is 0 Å². The minimum absolute atomic E-state index is 0.0577. The fourth-order valence-corrected chi connectivity index (χ4v) is 9.96. The van der Waals surface area contributed by atoms with E-state index < -0.39 is 13.9 Å². The molecule has 2 aromatic rings. The molecule has 2 unspecified atom stereocenters. The maximum atomic E-state index is 12.5. The Bertz CT molecular complexity index is 984. The minimum atomic E-state index is -2.54. The number of likely N-dealkylation sites (tertiary alicyclic amines) is 1. The summed E-state index contributed by atoms with van der Waals surface area (Å²) in [5, 5.41) is 2.48. The molecule has 0 aliphatic carbocycles. The quantitative estimate of drug-likeness (QED) is 0.297. The lowest BCUT2D eigenvalue weighted by atomic mass is 9.90. The number of carbonyl (C=O) groups excluding carboxylic acids is 1. The highest BCUT2D eigenvalue weighted by Crippen LogP contribution is 2.36. The normalized spacial score (nSPS) is 18.5. The van der Waals surface area contributed by atoms with E-state index in [9.17, 15) is 4.79 Å². The molecule has 2 atom stereocenters. The van der Waals surface area contributed by atoms with Gasteiger partial charge in [-0.1, -0.05) is 81.4 Å². The number of benzene rings is 2. The number of carbonyl (C=O) groups is 1. The number of hydrogen-bond donors (Lipinski definition) is 1. The van der Waals surface area contributed by atoms with Gasteiger partial charge in [-0.3, -0.25) is 0 Å². The van der Waals surface area contributed by atoms with Gasteiger partial charge in [-0.15, -0.1) is 0 Å². The van der Waals surface area contributed by atoms with Gasteiger partial charge in [0.2, 0.25) is 0 Å². The van der Waals surface area contributed by atoms with Crippen molar-refractivity contribution in [1.29, 1.82) is 0 Å². The van der Waals surface area contributed by atoms with Gasteiger partial charge in [0.25, 0.3) is 8.32 Å². The molecule has 1 saturated heterocycles. The number of nitrogens with two attached hydrogens (primary N) is 1. The van der Waals surface area contributed by atoms with Crippen LogP contribution in [0.3, 0.4) is 0 Å². The van der Waals surface area contributed by atoms with Crippen molar-refractivity contribution in [3.05, 3.63) is 60.7 Å². The van der Waals surface area contributed by atoms with Crippen LogP contribution in [-0.4, -0.2) is 77.1 Å². The second-order valence-electron chi connectivity index (χ2n) is 12.7. The van der Waals surface area contributed by atoms with Crippen molar-refractivity contribution in [2.45, 2.75) is 71.1 Å². The third kappa shape index (κ3) is 8.88. The van der Waals surface area contributed by atoms with Crippen molar-refractivity contribution < 1.29 is 23.4 Å². The Balaban J connectivity index is 1.42. The van der Waals surface area contributed by atoms with Crippen LogP contribution in [0.15, 0.2) is 60.7 Å². The van der Waals surface area contributed by atoms with Gasteiger partial charge in [-0.25, -0.2) is 4.79 Å². The smallest absolute Gasteiger partial charge is 0.410 e. The molecule has 1 fully saturated rings. The van der Waals surface area contributed by atoms with E-state index in [4.69, 9.17) is 24.4 Å². The van der Waals surface area contributed by atoms with Crippen molar-refractivity contribution in [1.82, 2.24) is 4.90 Å². The van der Waals surface area contributed by atoms with E-state index in [0.29, 0.717) is 46.1 Å². The lowest BCUT2D eigenvalue weighted by Gasteiger charge is -2.43.